The summed E-state index contributed by atoms with van der Waals surface area (Å²) in [5.74, 6) is -0.831. The molecule has 6 heteroatoms. The van der Waals surface area contributed by atoms with Crippen molar-refractivity contribution >= 4 is 5.69 Å². The second-order valence-electron chi connectivity index (χ2n) is 4.61. The largest absolute Gasteiger partial charge is 0.390 e. The predicted molar refractivity (Wildman–Crippen MR) is 61.7 cm³/mol. The van der Waals surface area contributed by atoms with Gasteiger partial charge in [0.05, 0.1) is 23.2 Å². The summed E-state index contributed by atoms with van der Waals surface area (Å²) in [6, 6.07) is 3.55. The molecular weight excluding hydrogens is 241 g/mol. The van der Waals surface area contributed by atoms with Crippen molar-refractivity contribution in [1.29, 1.82) is 0 Å². The zero-order valence-corrected chi connectivity index (χ0v) is 9.62. The molecule has 0 saturated heterocycles. The molecule has 1 aromatic rings. The van der Waals surface area contributed by atoms with Gasteiger partial charge in [-0.3, -0.25) is 10.1 Å². The monoisotopic (exact) mass is 255 g/mol. The molecule has 3 atom stereocenters. The third-order valence-corrected chi connectivity index (χ3v) is 3.42. The van der Waals surface area contributed by atoms with Gasteiger partial charge in [0, 0.05) is 6.07 Å². The standard InChI is InChI=1S/C12H14FNO4/c13-10-6-8(14(17)18)2-3-9(10)7-1-4-11(15)12(16)5-7/h2-3,6-7,11-12,15-16H,1,4-5H2. The number of benzene rings is 1. The molecule has 0 heterocycles. The maximum Gasteiger partial charge on any atom is 0.272 e. The van der Waals surface area contributed by atoms with Crippen molar-refractivity contribution in [1.82, 2.24) is 0 Å². The molecule has 0 bridgehead atoms. The molecule has 1 saturated carbocycles. The van der Waals surface area contributed by atoms with Crippen molar-refractivity contribution in [3.05, 3.63) is 39.7 Å². The molecule has 98 valence electrons. The summed E-state index contributed by atoms with van der Waals surface area (Å²) in [5, 5.41) is 29.5. The van der Waals surface area contributed by atoms with Gasteiger partial charge in [-0.05, 0) is 36.8 Å². The van der Waals surface area contributed by atoms with Crippen LogP contribution >= 0.6 is 0 Å². The number of rotatable bonds is 2. The highest BCUT2D eigenvalue weighted by Gasteiger charge is 2.30. The summed E-state index contributed by atoms with van der Waals surface area (Å²) in [6.07, 6.45) is -0.383. The van der Waals surface area contributed by atoms with Gasteiger partial charge in [-0.2, -0.15) is 0 Å². The van der Waals surface area contributed by atoms with E-state index in [1.807, 2.05) is 0 Å². The number of aliphatic hydroxyl groups is 2. The first-order chi connectivity index (χ1) is 8.49. The topological polar surface area (TPSA) is 83.6 Å². The number of nitro groups is 1. The highest BCUT2D eigenvalue weighted by atomic mass is 19.1. The Bertz CT molecular complexity index is 465. The van der Waals surface area contributed by atoms with Gasteiger partial charge in [-0.25, -0.2) is 4.39 Å². The molecule has 0 amide bonds. The maximum atomic E-state index is 13.8. The van der Waals surface area contributed by atoms with Gasteiger partial charge < -0.3 is 10.2 Å². The molecule has 0 aliphatic heterocycles. The van der Waals surface area contributed by atoms with Crippen molar-refractivity contribution in [3.63, 3.8) is 0 Å². The second-order valence-corrected chi connectivity index (χ2v) is 4.61. The third kappa shape index (κ3) is 2.49. The van der Waals surface area contributed by atoms with Crippen LogP contribution in [0.15, 0.2) is 18.2 Å². The predicted octanol–water partition coefficient (Wildman–Crippen LogP) is 1.72. The summed E-state index contributed by atoms with van der Waals surface area (Å²) >= 11 is 0. The lowest BCUT2D eigenvalue weighted by Crippen LogP contribution is -2.32. The van der Waals surface area contributed by atoms with Crippen molar-refractivity contribution < 1.29 is 19.5 Å². The van der Waals surface area contributed by atoms with Gasteiger partial charge >= 0.3 is 0 Å². The average molecular weight is 255 g/mol. The van der Waals surface area contributed by atoms with Crippen LogP contribution in [0.5, 0.6) is 0 Å². The van der Waals surface area contributed by atoms with Crippen LogP contribution in [0, 0.1) is 15.9 Å². The number of hydrogen-bond acceptors (Lipinski definition) is 4. The second kappa shape index (κ2) is 4.99. The average Bonchev–Trinajstić information content (AvgIpc) is 2.32. The molecule has 0 radical (unpaired) electrons. The lowest BCUT2D eigenvalue weighted by molar-refractivity contribution is -0.385. The van der Waals surface area contributed by atoms with Crippen LogP contribution < -0.4 is 0 Å². The Hall–Kier alpha value is -1.53. The van der Waals surface area contributed by atoms with E-state index >= 15 is 0 Å². The SMILES string of the molecule is O=[N+]([O-])c1ccc(C2CCC(O)C(O)C2)c(F)c1. The van der Waals surface area contributed by atoms with Crippen molar-refractivity contribution in [2.24, 2.45) is 0 Å². The minimum Gasteiger partial charge on any atom is -0.390 e. The fourth-order valence-electron chi connectivity index (χ4n) is 2.37. The molecule has 1 aliphatic carbocycles. The first-order valence-electron chi connectivity index (χ1n) is 5.79. The number of hydrogen-bond donors (Lipinski definition) is 2. The highest BCUT2D eigenvalue weighted by molar-refractivity contribution is 5.36. The molecular formula is C12H14FNO4. The molecule has 0 aromatic heterocycles. The van der Waals surface area contributed by atoms with Crippen LogP contribution in [-0.2, 0) is 0 Å². The fraction of sp³-hybridized carbons (Fsp3) is 0.500. The zero-order chi connectivity index (χ0) is 13.3. The molecule has 1 aromatic carbocycles. The minimum absolute atomic E-state index is 0.204. The molecule has 18 heavy (non-hydrogen) atoms. The van der Waals surface area contributed by atoms with E-state index in [-0.39, 0.29) is 18.0 Å². The third-order valence-electron chi connectivity index (χ3n) is 3.42. The number of nitrogens with zero attached hydrogens (tertiary/aromatic N) is 1. The van der Waals surface area contributed by atoms with Crippen LogP contribution in [0.25, 0.3) is 0 Å². The van der Waals surface area contributed by atoms with Crippen molar-refractivity contribution in [2.45, 2.75) is 37.4 Å². The Balaban J connectivity index is 2.21. The van der Waals surface area contributed by atoms with Crippen LogP contribution in [0.3, 0.4) is 0 Å². The van der Waals surface area contributed by atoms with Crippen LogP contribution in [-0.4, -0.2) is 27.3 Å². The Morgan fingerprint density at radius 2 is 2.00 bits per heavy atom. The van der Waals surface area contributed by atoms with E-state index in [1.165, 1.54) is 12.1 Å². The Labute approximate surface area is 103 Å². The van der Waals surface area contributed by atoms with E-state index in [0.29, 0.717) is 18.4 Å². The summed E-state index contributed by atoms with van der Waals surface area (Å²) in [5.41, 5.74) is 0.0826. The van der Waals surface area contributed by atoms with Gasteiger partial charge in [0.15, 0.2) is 0 Å². The number of halogens is 1. The van der Waals surface area contributed by atoms with Gasteiger partial charge in [-0.15, -0.1) is 0 Å². The van der Waals surface area contributed by atoms with E-state index in [0.717, 1.165) is 6.07 Å². The van der Waals surface area contributed by atoms with E-state index < -0.39 is 22.9 Å². The van der Waals surface area contributed by atoms with Crippen LogP contribution in [0.4, 0.5) is 10.1 Å². The minimum atomic E-state index is -0.863. The first kappa shape index (κ1) is 12.9. The Kier molecular flexibility index (Phi) is 3.58. The van der Waals surface area contributed by atoms with E-state index in [1.54, 1.807) is 0 Å². The lowest BCUT2D eigenvalue weighted by atomic mass is 9.81. The van der Waals surface area contributed by atoms with Crippen LogP contribution in [0.2, 0.25) is 0 Å². The Morgan fingerprint density at radius 1 is 1.28 bits per heavy atom. The van der Waals surface area contributed by atoms with Gasteiger partial charge in [0.1, 0.15) is 5.82 Å². The van der Waals surface area contributed by atoms with Crippen LogP contribution in [0.1, 0.15) is 30.7 Å². The molecule has 0 spiro atoms. The van der Waals surface area contributed by atoms with Crippen molar-refractivity contribution in [3.8, 4) is 0 Å². The number of nitro benzene ring substituents is 1. The van der Waals surface area contributed by atoms with E-state index in [9.17, 15) is 24.7 Å². The van der Waals surface area contributed by atoms with E-state index in [4.69, 9.17) is 0 Å². The lowest BCUT2D eigenvalue weighted by Gasteiger charge is -2.30. The Morgan fingerprint density at radius 3 is 2.56 bits per heavy atom. The normalized spacial score (nSPS) is 28.1. The molecule has 5 nitrogen and oxygen atoms in total. The molecule has 1 aliphatic rings. The summed E-state index contributed by atoms with van der Waals surface area (Å²) < 4.78 is 13.8. The summed E-state index contributed by atoms with van der Waals surface area (Å²) in [6.45, 7) is 0. The summed E-state index contributed by atoms with van der Waals surface area (Å²) in [7, 11) is 0. The van der Waals surface area contributed by atoms with Crippen molar-refractivity contribution in [2.75, 3.05) is 0 Å². The zero-order valence-electron chi connectivity index (χ0n) is 9.62. The van der Waals surface area contributed by atoms with Gasteiger partial charge in [0.25, 0.3) is 5.69 Å². The molecule has 1 fully saturated rings. The number of non-ortho nitro benzene ring substituents is 1. The molecule has 2 rings (SSSR count). The first-order valence-corrected chi connectivity index (χ1v) is 5.79. The molecule has 2 N–H and O–H groups in total. The highest BCUT2D eigenvalue weighted by Crippen LogP contribution is 2.35. The quantitative estimate of drug-likeness (QED) is 0.622. The maximum absolute atomic E-state index is 13.8. The van der Waals surface area contributed by atoms with Gasteiger partial charge in [0.2, 0.25) is 0 Å². The number of aliphatic hydroxyl groups excluding tert-OH is 2. The fourth-order valence-corrected chi connectivity index (χ4v) is 2.37. The molecule has 3 unspecified atom stereocenters. The smallest absolute Gasteiger partial charge is 0.272 e. The summed E-state index contributed by atoms with van der Waals surface area (Å²) in [4.78, 5) is 9.86. The van der Waals surface area contributed by atoms with E-state index in [2.05, 4.69) is 0 Å². The van der Waals surface area contributed by atoms with Gasteiger partial charge in [-0.1, -0.05) is 0 Å².